The zero-order valence-electron chi connectivity index (χ0n) is 17.2. The molecule has 0 unspecified atom stereocenters. The molecule has 3 aromatic rings. The molecule has 10 nitrogen and oxygen atoms in total. The van der Waals surface area contributed by atoms with E-state index in [2.05, 4.69) is 10.4 Å². The summed E-state index contributed by atoms with van der Waals surface area (Å²) in [5, 5.41) is 7.63. The van der Waals surface area contributed by atoms with E-state index < -0.39 is 30.3 Å². The fraction of sp³-hybridized carbons (Fsp3) is 0.182. The van der Waals surface area contributed by atoms with Crippen molar-refractivity contribution < 1.29 is 23.9 Å². The number of amides is 3. The smallest absolute Gasteiger partial charge is 0.312 e. The van der Waals surface area contributed by atoms with Gasteiger partial charge in [-0.1, -0.05) is 18.2 Å². The molecule has 2 heterocycles. The molecule has 1 aromatic heterocycles. The van der Waals surface area contributed by atoms with Crippen molar-refractivity contribution in [3.63, 3.8) is 0 Å². The first kappa shape index (κ1) is 20.9. The number of rotatable bonds is 5. The van der Waals surface area contributed by atoms with Crippen LogP contribution in [0, 0.1) is 0 Å². The van der Waals surface area contributed by atoms with Crippen molar-refractivity contribution in [1.29, 1.82) is 0 Å². The summed E-state index contributed by atoms with van der Waals surface area (Å²) in [5.74, 6) is -2.16. The number of hydrogen-bond acceptors (Lipinski definition) is 7. The van der Waals surface area contributed by atoms with Gasteiger partial charge in [0.2, 0.25) is 0 Å². The highest BCUT2D eigenvalue weighted by atomic mass is 16.5. The summed E-state index contributed by atoms with van der Waals surface area (Å²) in [6, 6.07) is 11.1. The van der Waals surface area contributed by atoms with E-state index in [-0.39, 0.29) is 23.1 Å². The third-order valence-electron chi connectivity index (χ3n) is 5.08. The maximum atomic E-state index is 12.3. The Bertz CT molecular complexity index is 1360. The van der Waals surface area contributed by atoms with E-state index in [9.17, 15) is 24.0 Å². The van der Waals surface area contributed by atoms with Crippen molar-refractivity contribution in [1.82, 2.24) is 14.7 Å². The van der Waals surface area contributed by atoms with Crippen LogP contribution < -0.4 is 10.9 Å². The summed E-state index contributed by atoms with van der Waals surface area (Å²) in [5.41, 5.74) is 0.836. The first-order chi connectivity index (χ1) is 15.3. The van der Waals surface area contributed by atoms with Crippen molar-refractivity contribution >= 4 is 40.2 Å². The van der Waals surface area contributed by atoms with Crippen LogP contribution in [0.3, 0.4) is 0 Å². The molecule has 0 radical (unpaired) electrons. The number of aryl methyl sites for hydroxylation is 1. The van der Waals surface area contributed by atoms with Crippen LogP contribution in [-0.4, -0.2) is 52.0 Å². The zero-order chi connectivity index (χ0) is 23.0. The van der Waals surface area contributed by atoms with Gasteiger partial charge in [-0.2, -0.15) is 5.10 Å². The van der Waals surface area contributed by atoms with Gasteiger partial charge in [-0.3, -0.25) is 28.9 Å². The molecule has 0 spiro atoms. The lowest BCUT2D eigenvalue weighted by atomic mass is 10.1. The lowest BCUT2D eigenvalue weighted by molar-refractivity contribution is -0.146. The zero-order valence-corrected chi connectivity index (χ0v) is 17.2. The Balaban J connectivity index is 1.40. The summed E-state index contributed by atoms with van der Waals surface area (Å²) < 4.78 is 6.19. The lowest BCUT2D eigenvalue weighted by Crippen LogP contribution is -2.25. The summed E-state index contributed by atoms with van der Waals surface area (Å²) in [7, 11) is 2.87. The Morgan fingerprint density at radius 1 is 0.969 bits per heavy atom. The topological polar surface area (TPSA) is 128 Å². The third-order valence-corrected chi connectivity index (χ3v) is 5.08. The molecule has 1 aliphatic heterocycles. The van der Waals surface area contributed by atoms with Gasteiger partial charge in [-0.05, 0) is 24.3 Å². The first-order valence-corrected chi connectivity index (χ1v) is 9.63. The maximum Gasteiger partial charge on any atom is 0.312 e. The second-order valence-electron chi connectivity index (χ2n) is 7.24. The van der Waals surface area contributed by atoms with Crippen LogP contribution in [0.2, 0.25) is 0 Å². The second kappa shape index (κ2) is 8.06. The first-order valence-electron chi connectivity index (χ1n) is 9.63. The minimum absolute atomic E-state index is 0.194. The minimum Gasteiger partial charge on any atom is -0.455 e. The van der Waals surface area contributed by atoms with Crippen LogP contribution in [0.5, 0.6) is 0 Å². The van der Waals surface area contributed by atoms with Gasteiger partial charge in [0.25, 0.3) is 23.3 Å². The number of esters is 1. The largest absolute Gasteiger partial charge is 0.455 e. The molecule has 32 heavy (non-hydrogen) atoms. The van der Waals surface area contributed by atoms with Crippen molar-refractivity contribution in [2.45, 2.75) is 6.42 Å². The van der Waals surface area contributed by atoms with Gasteiger partial charge in [0, 0.05) is 25.2 Å². The van der Waals surface area contributed by atoms with Gasteiger partial charge in [0.05, 0.1) is 28.6 Å². The fourth-order valence-electron chi connectivity index (χ4n) is 3.48. The predicted molar refractivity (Wildman–Crippen MR) is 113 cm³/mol. The SMILES string of the molecule is CN1C(=O)c2ccc(NC(=O)COC(=O)Cc3nn(C)c(=O)c4ccccc34)cc2C1=O. The van der Waals surface area contributed by atoms with Gasteiger partial charge in [-0.15, -0.1) is 0 Å². The Morgan fingerprint density at radius 3 is 2.41 bits per heavy atom. The molecule has 1 aliphatic rings. The molecular weight excluding hydrogens is 416 g/mol. The van der Waals surface area contributed by atoms with Crippen LogP contribution in [0.1, 0.15) is 26.4 Å². The van der Waals surface area contributed by atoms with Gasteiger partial charge < -0.3 is 10.1 Å². The minimum atomic E-state index is -0.687. The third kappa shape index (κ3) is 3.73. The molecular formula is C22H18N4O6. The Hall–Kier alpha value is -4.34. The maximum absolute atomic E-state index is 12.3. The number of hydrogen-bond donors (Lipinski definition) is 1. The predicted octanol–water partition coefficient (Wildman–Crippen LogP) is 0.884. The monoisotopic (exact) mass is 434 g/mol. The molecule has 4 rings (SSSR count). The number of ether oxygens (including phenoxy) is 1. The molecule has 0 aliphatic carbocycles. The molecule has 162 valence electrons. The van der Waals surface area contributed by atoms with E-state index in [0.29, 0.717) is 22.2 Å². The van der Waals surface area contributed by atoms with Crippen LogP contribution in [0.4, 0.5) is 5.69 Å². The number of imide groups is 1. The van der Waals surface area contributed by atoms with Crippen molar-refractivity contribution in [2.24, 2.45) is 7.05 Å². The lowest BCUT2D eigenvalue weighted by Gasteiger charge is -2.09. The summed E-state index contributed by atoms with van der Waals surface area (Å²) >= 11 is 0. The highest BCUT2D eigenvalue weighted by Crippen LogP contribution is 2.24. The molecule has 0 saturated heterocycles. The number of carbonyl (C=O) groups is 4. The van der Waals surface area contributed by atoms with Gasteiger partial charge in [0.15, 0.2) is 6.61 Å². The van der Waals surface area contributed by atoms with E-state index in [4.69, 9.17) is 4.74 Å². The molecule has 10 heteroatoms. The molecule has 1 N–H and O–H groups in total. The summed E-state index contributed by atoms with van der Waals surface area (Å²) in [6.45, 7) is -0.549. The number of anilines is 1. The Labute approximate surface area is 181 Å². The second-order valence-corrected chi connectivity index (χ2v) is 7.24. The standard InChI is InChI=1S/C22H18N4O6/c1-25-20(29)15-8-7-12(9-16(15)21(25)30)23-18(27)11-32-19(28)10-17-13-5-3-4-6-14(13)22(31)26(2)24-17/h3-9H,10-11H2,1-2H3,(H,23,27). The number of nitrogens with zero attached hydrogens (tertiary/aromatic N) is 3. The van der Waals surface area contributed by atoms with Crippen LogP contribution in [0.15, 0.2) is 47.3 Å². The fourth-order valence-corrected chi connectivity index (χ4v) is 3.48. The average molecular weight is 434 g/mol. The van der Waals surface area contributed by atoms with Gasteiger partial charge >= 0.3 is 5.97 Å². The molecule has 0 saturated carbocycles. The quantitative estimate of drug-likeness (QED) is 0.466. The molecule has 3 amide bonds. The number of nitrogens with one attached hydrogen (secondary N) is 1. The number of carbonyl (C=O) groups excluding carboxylic acids is 4. The highest BCUT2D eigenvalue weighted by Gasteiger charge is 2.32. The summed E-state index contributed by atoms with van der Waals surface area (Å²) in [6.07, 6.45) is -0.219. The molecule has 0 bridgehead atoms. The number of benzene rings is 2. The molecule has 0 atom stereocenters. The van der Waals surface area contributed by atoms with Gasteiger partial charge in [0.1, 0.15) is 0 Å². The van der Waals surface area contributed by atoms with Crippen molar-refractivity contribution in [3.05, 3.63) is 69.6 Å². The Morgan fingerprint density at radius 2 is 1.66 bits per heavy atom. The normalized spacial score (nSPS) is 12.8. The van der Waals surface area contributed by atoms with Crippen molar-refractivity contribution in [3.8, 4) is 0 Å². The van der Waals surface area contributed by atoms with Crippen LogP contribution >= 0.6 is 0 Å². The summed E-state index contributed by atoms with van der Waals surface area (Å²) in [4.78, 5) is 61.6. The van der Waals surface area contributed by atoms with E-state index in [0.717, 1.165) is 9.58 Å². The van der Waals surface area contributed by atoms with E-state index in [1.807, 2.05) is 0 Å². The van der Waals surface area contributed by atoms with E-state index in [1.54, 1.807) is 24.3 Å². The Kier molecular flexibility index (Phi) is 5.27. The van der Waals surface area contributed by atoms with Crippen molar-refractivity contribution in [2.75, 3.05) is 19.0 Å². The molecule has 2 aromatic carbocycles. The van der Waals surface area contributed by atoms with Crippen LogP contribution in [-0.2, 0) is 27.8 Å². The highest BCUT2D eigenvalue weighted by molar-refractivity contribution is 6.21. The number of aromatic nitrogens is 2. The average Bonchev–Trinajstić information content (AvgIpc) is 2.99. The molecule has 0 fully saturated rings. The van der Waals surface area contributed by atoms with E-state index in [1.165, 1.54) is 32.3 Å². The van der Waals surface area contributed by atoms with E-state index >= 15 is 0 Å². The number of fused-ring (bicyclic) bond motifs is 2. The van der Waals surface area contributed by atoms with Crippen LogP contribution in [0.25, 0.3) is 10.8 Å². The van der Waals surface area contributed by atoms with Gasteiger partial charge in [-0.25, -0.2) is 4.68 Å².